The second kappa shape index (κ2) is 7.24. The van der Waals surface area contributed by atoms with Crippen molar-refractivity contribution in [2.45, 2.75) is 58.5 Å². The van der Waals surface area contributed by atoms with Crippen LogP contribution in [0.1, 0.15) is 47.0 Å². The minimum absolute atomic E-state index is 0.0480. The molecular weight excluding hydrogens is 202 g/mol. The van der Waals surface area contributed by atoms with Crippen molar-refractivity contribution in [3.05, 3.63) is 0 Å². The van der Waals surface area contributed by atoms with Gasteiger partial charge in [0, 0.05) is 24.5 Å². The Morgan fingerprint density at radius 2 is 2.06 bits per heavy atom. The maximum atomic E-state index is 11.5. The van der Waals surface area contributed by atoms with Gasteiger partial charge in [-0.05, 0) is 27.2 Å². The molecule has 0 aromatic heterocycles. The summed E-state index contributed by atoms with van der Waals surface area (Å²) in [5, 5.41) is 14.7. The number of amides is 1. The minimum Gasteiger partial charge on any atom is -0.351 e. The Balaban J connectivity index is 3.73. The first-order valence-corrected chi connectivity index (χ1v) is 5.80. The summed E-state index contributed by atoms with van der Waals surface area (Å²) in [5.41, 5.74) is -0.173. The van der Waals surface area contributed by atoms with E-state index in [-0.39, 0.29) is 17.5 Å². The Hall–Kier alpha value is -1.08. The van der Waals surface area contributed by atoms with Gasteiger partial charge in [-0.3, -0.25) is 4.79 Å². The second-order valence-corrected chi connectivity index (χ2v) is 4.97. The van der Waals surface area contributed by atoms with Crippen molar-refractivity contribution in [2.75, 3.05) is 6.54 Å². The number of hydrogen-bond acceptors (Lipinski definition) is 3. The van der Waals surface area contributed by atoms with E-state index in [2.05, 4.69) is 16.7 Å². The molecule has 0 bridgehead atoms. The smallest absolute Gasteiger partial charge is 0.221 e. The summed E-state index contributed by atoms with van der Waals surface area (Å²) in [6.45, 7) is 8.54. The van der Waals surface area contributed by atoms with Crippen LogP contribution in [0, 0.1) is 11.3 Å². The summed E-state index contributed by atoms with van der Waals surface area (Å²) in [7, 11) is 0. The average molecular weight is 225 g/mol. The van der Waals surface area contributed by atoms with Crippen LogP contribution >= 0.6 is 0 Å². The lowest BCUT2D eigenvalue weighted by Crippen LogP contribution is -2.42. The summed E-state index contributed by atoms with van der Waals surface area (Å²) < 4.78 is 0. The van der Waals surface area contributed by atoms with Crippen LogP contribution in [-0.4, -0.2) is 24.0 Å². The molecule has 0 aromatic carbocycles. The summed E-state index contributed by atoms with van der Waals surface area (Å²) >= 11 is 0. The van der Waals surface area contributed by atoms with Crippen molar-refractivity contribution >= 4 is 5.91 Å². The van der Waals surface area contributed by atoms with Gasteiger partial charge in [0.2, 0.25) is 5.91 Å². The lowest BCUT2D eigenvalue weighted by atomic mass is 10.1. The molecule has 0 spiro atoms. The number of nitrogens with zero attached hydrogens (tertiary/aromatic N) is 1. The van der Waals surface area contributed by atoms with Crippen molar-refractivity contribution in [1.82, 2.24) is 10.6 Å². The Labute approximate surface area is 98.4 Å². The fourth-order valence-corrected chi connectivity index (χ4v) is 1.34. The van der Waals surface area contributed by atoms with Crippen molar-refractivity contribution < 1.29 is 4.79 Å². The zero-order valence-corrected chi connectivity index (χ0v) is 10.8. The van der Waals surface area contributed by atoms with Gasteiger partial charge in [0.05, 0.1) is 12.5 Å². The molecule has 4 heteroatoms. The zero-order valence-electron chi connectivity index (χ0n) is 10.8. The van der Waals surface area contributed by atoms with Crippen LogP contribution in [0.15, 0.2) is 0 Å². The van der Waals surface area contributed by atoms with E-state index in [9.17, 15) is 4.79 Å². The summed E-state index contributed by atoms with van der Waals surface area (Å²) in [6, 6.07) is 2.33. The van der Waals surface area contributed by atoms with Gasteiger partial charge in [0.15, 0.2) is 0 Å². The molecule has 0 fully saturated rings. The lowest BCUT2D eigenvalue weighted by Gasteiger charge is -2.21. The molecule has 1 unspecified atom stereocenters. The van der Waals surface area contributed by atoms with Gasteiger partial charge >= 0.3 is 0 Å². The molecule has 0 aromatic rings. The van der Waals surface area contributed by atoms with E-state index in [1.807, 2.05) is 27.7 Å². The molecule has 0 heterocycles. The highest BCUT2D eigenvalue weighted by Crippen LogP contribution is 1.99. The molecule has 0 radical (unpaired) electrons. The summed E-state index contributed by atoms with van der Waals surface area (Å²) in [5.74, 6) is 0.0480. The summed E-state index contributed by atoms with van der Waals surface area (Å²) in [4.78, 5) is 11.5. The molecule has 16 heavy (non-hydrogen) atoms. The minimum atomic E-state index is -0.173. The average Bonchev–Trinajstić information content (AvgIpc) is 2.13. The van der Waals surface area contributed by atoms with Gasteiger partial charge in [-0.2, -0.15) is 5.26 Å². The highest BCUT2D eigenvalue weighted by Gasteiger charge is 2.13. The van der Waals surface area contributed by atoms with Crippen LogP contribution in [0.25, 0.3) is 0 Å². The van der Waals surface area contributed by atoms with Gasteiger partial charge < -0.3 is 10.6 Å². The molecule has 0 aliphatic carbocycles. The van der Waals surface area contributed by atoms with E-state index in [0.717, 1.165) is 6.42 Å². The predicted octanol–water partition coefficient (Wildman–Crippen LogP) is 1.57. The number of hydrogen-bond donors (Lipinski definition) is 2. The molecule has 2 N–H and O–H groups in total. The van der Waals surface area contributed by atoms with Crippen molar-refractivity contribution in [3.63, 3.8) is 0 Å². The van der Waals surface area contributed by atoms with E-state index in [4.69, 9.17) is 5.26 Å². The van der Waals surface area contributed by atoms with Gasteiger partial charge in [-0.15, -0.1) is 0 Å². The lowest BCUT2D eigenvalue weighted by molar-refractivity contribution is -0.122. The molecule has 0 aliphatic rings. The third kappa shape index (κ3) is 8.25. The van der Waals surface area contributed by atoms with Crippen LogP contribution in [-0.2, 0) is 4.79 Å². The molecule has 0 saturated carbocycles. The largest absolute Gasteiger partial charge is 0.351 e. The maximum Gasteiger partial charge on any atom is 0.221 e. The normalized spacial score (nSPS) is 12.9. The Bertz CT molecular complexity index is 250. The molecule has 1 amide bonds. The van der Waals surface area contributed by atoms with Gasteiger partial charge in [-0.1, -0.05) is 6.92 Å². The fourth-order valence-electron chi connectivity index (χ4n) is 1.34. The number of rotatable bonds is 6. The molecule has 0 rings (SSSR count). The SMILES string of the molecule is CCC(CC#N)NCCC(=O)NC(C)(C)C. The van der Waals surface area contributed by atoms with E-state index < -0.39 is 0 Å². The predicted molar refractivity (Wildman–Crippen MR) is 64.8 cm³/mol. The molecular formula is C12H23N3O. The first-order valence-electron chi connectivity index (χ1n) is 5.80. The van der Waals surface area contributed by atoms with E-state index in [0.29, 0.717) is 19.4 Å². The van der Waals surface area contributed by atoms with Crippen LogP contribution in [0.5, 0.6) is 0 Å². The zero-order chi connectivity index (χ0) is 12.6. The van der Waals surface area contributed by atoms with E-state index in [1.165, 1.54) is 0 Å². The van der Waals surface area contributed by atoms with Crippen LogP contribution in [0.2, 0.25) is 0 Å². The topological polar surface area (TPSA) is 64.9 Å². The summed E-state index contributed by atoms with van der Waals surface area (Å²) in [6.07, 6.45) is 1.87. The third-order valence-electron chi connectivity index (χ3n) is 2.13. The molecule has 4 nitrogen and oxygen atoms in total. The molecule has 1 atom stereocenters. The maximum absolute atomic E-state index is 11.5. The molecule has 92 valence electrons. The monoisotopic (exact) mass is 225 g/mol. The van der Waals surface area contributed by atoms with Gasteiger partial charge in [0.1, 0.15) is 0 Å². The Morgan fingerprint density at radius 1 is 1.44 bits per heavy atom. The molecule has 0 saturated heterocycles. The van der Waals surface area contributed by atoms with Gasteiger partial charge in [0.25, 0.3) is 0 Å². The van der Waals surface area contributed by atoms with E-state index in [1.54, 1.807) is 0 Å². The number of carbonyl (C=O) groups excluding carboxylic acids is 1. The van der Waals surface area contributed by atoms with E-state index >= 15 is 0 Å². The highest BCUT2D eigenvalue weighted by atomic mass is 16.1. The second-order valence-electron chi connectivity index (χ2n) is 4.97. The third-order valence-corrected chi connectivity index (χ3v) is 2.13. The number of nitriles is 1. The van der Waals surface area contributed by atoms with Gasteiger partial charge in [-0.25, -0.2) is 0 Å². The first kappa shape index (κ1) is 14.9. The van der Waals surface area contributed by atoms with Crippen LogP contribution in [0.4, 0.5) is 0 Å². The Morgan fingerprint density at radius 3 is 2.50 bits per heavy atom. The van der Waals surface area contributed by atoms with Crippen LogP contribution in [0.3, 0.4) is 0 Å². The van der Waals surface area contributed by atoms with Crippen molar-refractivity contribution in [3.8, 4) is 6.07 Å². The molecule has 0 aliphatic heterocycles. The quantitative estimate of drug-likeness (QED) is 0.721. The standard InChI is InChI=1S/C12H23N3O/c1-5-10(6-8-13)14-9-7-11(16)15-12(2,3)4/h10,14H,5-7,9H2,1-4H3,(H,15,16). The Kier molecular flexibility index (Phi) is 6.75. The number of carbonyl (C=O) groups is 1. The fraction of sp³-hybridized carbons (Fsp3) is 0.833. The number of nitrogens with one attached hydrogen (secondary N) is 2. The van der Waals surface area contributed by atoms with Crippen molar-refractivity contribution in [2.24, 2.45) is 0 Å². The first-order chi connectivity index (χ1) is 7.39. The highest BCUT2D eigenvalue weighted by molar-refractivity contribution is 5.76. The van der Waals surface area contributed by atoms with Crippen LogP contribution < -0.4 is 10.6 Å². The van der Waals surface area contributed by atoms with Crippen molar-refractivity contribution in [1.29, 1.82) is 5.26 Å².